The van der Waals surface area contributed by atoms with Crippen LogP contribution in [0.1, 0.15) is 60.3 Å². The fourth-order valence-corrected chi connectivity index (χ4v) is 7.59. The second-order valence-corrected chi connectivity index (χ2v) is 13.8. The quantitative estimate of drug-likeness (QED) is 0.110. The van der Waals surface area contributed by atoms with Crippen molar-refractivity contribution in [3.05, 3.63) is 119 Å². The van der Waals surface area contributed by atoms with E-state index in [1.54, 1.807) is 23.1 Å². The summed E-state index contributed by atoms with van der Waals surface area (Å²) < 4.78 is 15.3. The van der Waals surface area contributed by atoms with E-state index >= 15 is 0 Å². The molecule has 0 radical (unpaired) electrons. The molecule has 1 aliphatic heterocycles. The molecule has 4 aromatic carbocycles. The second kappa shape index (κ2) is 15.7. The third kappa shape index (κ3) is 8.85. The van der Waals surface area contributed by atoms with Crippen LogP contribution >= 0.6 is 23.1 Å². The van der Waals surface area contributed by atoms with Gasteiger partial charge < -0.3 is 25.0 Å². The molecule has 1 aromatic heterocycles. The number of nitrogens with one attached hydrogen (secondary N) is 1. The highest BCUT2D eigenvalue weighted by atomic mass is 32.2. The first-order chi connectivity index (χ1) is 22.9. The Bertz CT molecular complexity index is 1780. The molecule has 3 N–H and O–H groups in total. The summed E-state index contributed by atoms with van der Waals surface area (Å²) in [5.41, 5.74) is 6.85. The fraction of sp³-hybridized carbons (Fsp3) is 0.270. The Labute approximate surface area is 281 Å². The first kappa shape index (κ1) is 32.9. The fourth-order valence-electron chi connectivity index (χ4n) is 5.48. The summed E-state index contributed by atoms with van der Waals surface area (Å²) in [5, 5.41) is 21.2. The molecule has 0 spiro atoms. The van der Waals surface area contributed by atoms with Gasteiger partial charge in [-0.2, -0.15) is 0 Å². The van der Waals surface area contributed by atoms with Gasteiger partial charge in [-0.25, -0.2) is 4.98 Å². The third-order valence-electron chi connectivity index (χ3n) is 8.01. The van der Waals surface area contributed by atoms with Crippen molar-refractivity contribution in [3.8, 4) is 11.1 Å². The summed E-state index contributed by atoms with van der Waals surface area (Å²) in [6, 6.07) is 32.2. The number of hydrogen-bond acceptors (Lipinski definition) is 8. The minimum Gasteiger partial charge on any atom is -0.481 e. The van der Waals surface area contributed by atoms with Crippen molar-refractivity contribution in [3.63, 3.8) is 0 Å². The average molecular weight is 669 g/mol. The van der Waals surface area contributed by atoms with Gasteiger partial charge in [-0.1, -0.05) is 90.6 Å². The van der Waals surface area contributed by atoms with Gasteiger partial charge in [-0.15, -0.1) is 11.3 Å². The van der Waals surface area contributed by atoms with E-state index in [9.17, 15) is 14.7 Å². The maximum atomic E-state index is 12.1. The maximum Gasteiger partial charge on any atom is 0.303 e. The summed E-state index contributed by atoms with van der Waals surface area (Å²) in [5.74, 6) is -0.315. The number of nitrogens with zero attached hydrogens (tertiary/aromatic N) is 1. The normalized spacial score (nSPS) is 17.9. The number of ether oxygens (including phenoxy) is 2. The SMILES string of the molecule is O=C(O)CCCC(=O)NCc1cccc(-c2ccc(C3OC(CSc4nc5ccccc5s4)CC(c4ccc(CO)cc4)O3)cc2)c1. The Morgan fingerprint density at radius 3 is 2.43 bits per heavy atom. The second-order valence-electron chi connectivity index (χ2n) is 11.5. The highest BCUT2D eigenvalue weighted by molar-refractivity contribution is 8.01. The molecule has 0 aliphatic carbocycles. The van der Waals surface area contributed by atoms with E-state index in [2.05, 4.69) is 23.5 Å². The first-order valence-corrected chi connectivity index (χ1v) is 17.4. The van der Waals surface area contributed by atoms with Gasteiger partial charge in [0.15, 0.2) is 10.6 Å². The molecule has 6 rings (SSSR count). The van der Waals surface area contributed by atoms with E-state index in [0.29, 0.717) is 19.4 Å². The third-order valence-corrected chi connectivity index (χ3v) is 10.3. The van der Waals surface area contributed by atoms with Crippen LogP contribution in [0.4, 0.5) is 0 Å². The van der Waals surface area contributed by atoms with Crippen LogP contribution in [0.5, 0.6) is 0 Å². The van der Waals surface area contributed by atoms with E-state index in [1.165, 1.54) is 4.70 Å². The lowest BCUT2D eigenvalue weighted by Gasteiger charge is -2.36. The number of carbonyl (C=O) groups is 2. The van der Waals surface area contributed by atoms with Crippen molar-refractivity contribution in [2.24, 2.45) is 0 Å². The van der Waals surface area contributed by atoms with E-state index in [0.717, 1.165) is 49.0 Å². The molecule has 242 valence electrons. The summed E-state index contributed by atoms with van der Waals surface area (Å²) in [6.45, 7) is 0.371. The zero-order valence-corrected chi connectivity index (χ0v) is 27.3. The van der Waals surface area contributed by atoms with Crippen LogP contribution in [0.2, 0.25) is 0 Å². The number of para-hydroxylation sites is 1. The summed E-state index contributed by atoms with van der Waals surface area (Å²) in [6.07, 6.45) is 0.411. The number of carboxylic acid groups (broad SMARTS) is 1. The van der Waals surface area contributed by atoms with Gasteiger partial charge >= 0.3 is 5.97 Å². The van der Waals surface area contributed by atoms with Gasteiger partial charge in [-0.05, 0) is 52.4 Å². The number of aliphatic carboxylic acids is 1. The summed E-state index contributed by atoms with van der Waals surface area (Å²) in [7, 11) is 0. The number of rotatable bonds is 13. The Morgan fingerprint density at radius 2 is 1.66 bits per heavy atom. The molecule has 0 saturated carbocycles. The van der Waals surface area contributed by atoms with Crippen molar-refractivity contribution in [1.29, 1.82) is 0 Å². The Morgan fingerprint density at radius 1 is 0.872 bits per heavy atom. The summed E-state index contributed by atoms with van der Waals surface area (Å²) >= 11 is 3.40. The molecule has 1 saturated heterocycles. The number of carboxylic acids is 1. The number of fused-ring (bicyclic) bond motifs is 1. The highest BCUT2D eigenvalue weighted by Crippen LogP contribution is 2.40. The number of thioether (sulfide) groups is 1. The Hall–Kier alpha value is -4.06. The number of aromatic nitrogens is 1. The van der Waals surface area contributed by atoms with Crippen LogP contribution in [0.3, 0.4) is 0 Å². The lowest BCUT2D eigenvalue weighted by Crippen LogP contribution is -2.31. The lowest BCUT2D eigenvalue weighted by molar-refractivity contribution is -0.245. The van der Waals surface area contributed by atoms with Crippen molar-refractivity contribution >= 4 is 45.2 Å². The van der Waals surface area contributed by atoms with Crippen LogP contribution < -0.4 is 5.32 Å². The number of aliphatic hydroxyl groups excluding tert-OH is 1. The van der Waals surface area contributed by atoms with Crippen molar-refractivity contribution in [2.75, 3.05) is 5.75 Å². The molecule has 1 aliphatic rings. The minimum absolute atomic E-state index is 0.00252. The average Bonchev–Trinajstić information content (AvgIpc) is 3.53. The van der Waals surface area contributed by atoms with Crippen LogP contribution in [-0.4, -0.2) is 38.9 Å². The van der Waals surface area contributed by atoms with Gasteiger partial charge in [0.05, 0.1) is 29.0 Å². The standard InChI is InChI=1S/C37H36N2O6S2/c40-22-24-11-13-27(14-12-24)32-20-30(23-46-37-39-31-7-1-2-8-33(31)47-37)44-36(45-32)28-17-15-26(16-18-28)29-6-3-5-25(19-29)21-38-34(41)9-4-10-35(42)43/h1-3,5-8,11-19,30,32,36,40H,4,9-10,20-23H2,(H,38,41)(H,42,43). The number of aliphatic hydroxyl groups is 1. The Balaban J connectivity index is 1.13. The molecule has 1 amide bonds. The van der Waals surface area contributed by atoms with Gasteiger partial charge in [0.25, 0.3) is 0 Å². The lowest BCUT2D eigenvalue weighted by atomic mass is 9.99. The molecule has 47 heavy (non-hydrogen) atoms. The van der Waals surface area contributed by atoms with Gasteiger partial charge in [0, 0.05) is 37.1 Å². The van der Waals surface area contributed by atoms with Crippen molar-refractivity contribution in [1.82, 2.24) is 10.3 Å². The van der Waals surface area contributed by atoms with Crippen LogP contribution in [0.15, 0.2) is 101 Å². The molecule has 5 aromatic rings. The summed E-state index contributed by atoms with van der Waals surface area (Å²) in [4.78, 5) is 27.6. The number of hydrogen-bond donors (Lipinski definition) is 3. The molecule has 8 nitrogen and oxygen atoms in total. The zero-order chi connectivity index (χ0) is 32.6. The number of benzene rings is 4. The Kier molecular flexibility index (Phi) is 11.0. The van der Waals surface area contributed by atoms with Crippen LogP contribution in [0, 0.1) is 0 Å². The minimum atomic E-state index is -0.897. The van der Waals surface area contributed by atoms with E-state index in [1.807, 2.05) is 78.9 Å². The smallest absolute Gasteiger partial charge is 0.303 e. The maximum absolute atomic E-state index is 12.1. The van der Waals surface area contributed by atoms with E-state index < -0.39 is 12.3 Å². The number of amides is 1. The van der Waals surface area contributed by atoms with Crippen LogP contribution in [-0.2, 0) is 32.2 Å². The molecular weight excluding hydrogens is 633 g/mol. The predicted octanol–water partition coefficient (Wildman–Crippen LogP) is 7.66. The van der Waals surface area contributed by atoms with Crippen molar-refractivity contribution < 1.29 is 29.3 Å². The topological polar surface area (TPSA) is 118 Å². The molecule has 3 unspecified atom stereocenters. The van der Waals surface area contributed by atoms with Crippen molar-refractivity contribution in [2.45, 2.75) is 61.7 Å². The van der Waals surface area contributed by atoms with Gasteiger partial charge in [0.1, 0.15) is 0 Å². The molecular formula is C37H36N2O6S2. The van der Waals surface area contributed by atoms with E-state index in [-0.39, 0.29) is 37.6 Å². The molecule has 10 heteroatoms. The number of carbonyl (C=O) groups excluding carboxylic acids is 1. The molecule has 1 fully saturated rings. The highest BCUT2D eigenvalue weighted by Gasteiger charge is 2.32. The first-order valence-electron chi connectivity index (χ1n) is 15.6. The largest absolute Gasteiger partial charge is 0.481 e. The zero-order valence-electron chi connectivity index (χ0n) is 25.7. The predicted molar refractivity (Wildman–Crippen MR) is 184 cm³/mol. The van der Waals surface area contributed by atoms with Crippen LogP contribution in [0.25, 0.3) is 21.3 Å². The number of thiazole rings is 1. The molecule has 2 heterocycles. The van der Waals surface area contributed by atoms with Gasteiger partial charge in [0.2, 0.25) is 5.91 Å². The van der Waals surface area contributed by atoms with E-state index in [4.69, 9.17) is 19.6 Å². The van der Waals surface area contributed by atoms with Gasteiger partial charge in [-0.3, -0.25) is 9.59 Å². The molecule has 3 atom stereocenters. The molecule has 0 bridgehead atoms. The monoisotopic (exact) mass is 668 g/mol.